The number of nitro benzene ring substituents is 1. The smallest absolute Gasteiger partial charge is 0.311 e. The van der Waals surface area contributed by atoms with Crippen molar-refractivity contribution in [3.63, 3.8) is 0 Å². The monoisotopic (exact) mass is 326 g/mol. The fourth-order valence-electron chi connectivity index (χ4n) is 2.59. The molecule has 1 aromatic carbocycles. The largest absolute Gasteiger partial charge is 0.474 e. The van der Waals surface area contributed by atoms with Gasteiger partial charge in [-0.2, -0.15) is 0 Å². The molecule has 8 heteroatoms. The summed E-state index contributed by atoms with van der Waals surface area (Å²) in [5.74, 6) is -1.24. The molecule has 1 aromatic rings. The van der Waals surface area contributed by atoms with E-state index in [1.807, 2.05) is 13.8 Å². The number of carbonyl (C=O) groups excluding carboxylic acids is 1. The summed E-state index contributed by atoms with van der Waals surface area (Å²) in [6.07, 6.45) is -1.16. The lowest BCUT2D eigenvalue weighted by Crippen LogP contribution is -2.51. The Morgan fingerprint density at radius 2 is 2.04 bits per heavy atom. The molecular weight excluding hydrogens is 307 g/mol. The fraction of sp³-hybridized carbons (Fsp3) is 0.533. The molecule has 1 saturated heterocycles. The molecule has 1 amide bonds. The highest BCUT2D eigenvalue weighted by atomic mass is 19.1. The van der Waals surface area contributed by atoms with Gasteiger partial charge >= 0.3 is 5.69 Å². The lowest BCUT2D eigenvalue weighted by molar-refractivity contribution is -0.386. The first kappa shape index (κ1) is 17.1. The van der Waals surface area contributed by atoms with E-state index in [0.717, 1.165) is 18.2 Å². The summed E-state index contributed by atoms with van der Waals surface area (Å²) in [4.78, 5) is 24.3. The van der Waals surface area contributed by atoms with Crippen LogP contribution in [0.2, 0.25) is 0 Å². The Kier molecular flexibility index (Phi) is 5.15. The Labute approximate surface area is 133 Å². The highest BCUT2D eigenvalue weighted by Gasteiger charge is 2.30. The number of hydrogen-bond donors (Lipinski definition) is 0. The van der Waals surface area contributed by atoms with Crippen molar-refractivity contribution in [2.45, 2.75) is 39.1 Å². The second kappa shape index (κ2) is 6.91. The number of nitrogens with zero attached hydrogens (tertiary/aromatic N) is 2. The SMILES string of the molecule is C[C@@H]1CN(C(=O)[C@@H](C)Oc2cc(F)ccc2[N+](=O)[O-])C[C@H](C)O1. The van der Waals surface area contributed by atoms with Crippen molar-refractivity contribution in [1.82, 2.24) is 4.90 Å². The van der Waals surface area contributed by atoms with Crippen molar-refractivity contribution in [1.29, 1.82) is 0 Å². The minimum absolute atomic E-state index is 0.0987. The van der Waals surface area contributed by atoms with Crippen molar-refractivity contribution in [3.8, 4) is 5.75 Å². The minimum Gasteiger partial charge on any atom is -0.474 e. The fourth-order valence-corrected chi connectivity index (χ4v) is 2.59. The van der Waals surface area contributed by atoms with Gasteiger partial charge in [0.25, 0.3) is 5.91 Å². The molecule has 0 N–H and O–H groups in total. The average Bonchev–Trinajstić information content (AvgIpc) is 2.45. The summed E-state index contributed by atoms with van der Waals surface area (Å²) in [6, 6.07) is 2.90. The lowest BCUT2D eigenvalue weighted by Gasteiger charge is -2.36. The van der Waals surface area contributed by atoms with Crippen molar-refractivity contribution in [2.75, 3.05) is 13.1 Å². The van der Waals surface area contributed by atoms with Gasteiger partial charge < -0.3 is 14.4 Å². The Morgan fingerprint density at radius 1 is 1.43 bits per heavy atom. The van der Waals surface area contributed by atoms with Gasteiger partial charge in [-0.3, -0.25) is 14.9 Å². The predicted molar refractivity (Wildman–Crippen MR) is 79.7 cm³/mol. The third-order valence-electron chi connectivity index (χ3n) is 3.50. The van der Waals surface area contributed by atoms with E-state index in [1.165, 1.54) is 6.92 Å². The second-order valence-electron chi connectivity index (χ2n) is 5.63. The van der Waals surface area contributed by atoms with Gasteiger partial charge in [-0.15, -0.1) is 0 Å². The van der Waals surface area contributed by atoms with E-state index in [4.69, 9.17) is 9.47 Å². The van der Waals surface area contributed by atoms with Gasteiger partial charge in [-0.05, 0) is 26.8 Å². The van der Waals surface area contributed by atoms with Crippen LogP contribution in [0.5, 0.6) is 5.75 Å². The van der Waals surface area contributed by atoms with Crippen molar-refractivity contribution in [3.05, 3.63) is 34.1 Å². The summed E-state index contributed by atoms with van der Waals surface area (Å²) in [7, 11) is 0. The summed E-state index contributed by atoms with van der Waals surface area (Å²) < 4.78 is 24.2. The Balaban J connectivity index is 2.12. The van der Waals surface area contributed by atoms with E-state index in [1.54, 1.807) is 4.90 Å². The van der Waals surface area contributed by atoms with Crippen LogP contribution in [0, 0.1) is 15.9 Å². The molecule has 1 aliphatic heterocycles. The number of hydrogen-bond acceptors (Lipinski definition) is 5. The summed E-state index contributed by atoms with van der Waals surface area (Å²) >= 11 is 0. The second-order valence-corrected chi connectivity index (χ2v) is 5.63. The lowest BCUT2D eigenvalue weighted by atomic mass is 10.2. The topological polar surface area (TPSA) is 81.9 Å². The molecule has 7 nitrogen and oxygen atoms in total. The summed E-state index contributed by atoms with van der Waals surface area (Å²) in [6.45, 7) is 6.05. The van der Waals surface area contributed by atoms with Gasteiger partial charge in [-0.1, -0.05) is 0 Å². The van der Waals surface area contributed by atoms with Crippen molar-refractivity contribution in [2.24, 2.45) is 0 Å². The van der Waals surface area contributed by atoms with Gasteiger partial charge in [0.2, 0.25) is 5.75 Å². The number of morpholine rings is 1. The maximum absolute atomic E-state index is 13.3. The number of amides is 1. The highest BCUT2D eigenvalue weighted by Crippen LogP contribution is 2.28. The maximum atomic E-state index is 13.3. The Bertz CT molecular complexity index is 600. The van der Waals surface area contributed by atoms with Crippen LogP contribution < -0.4 is 4.74 Å². The first-order chi connectivity index (χ1) is 10.8. The first-order valence-corrected chi connectivity index (χ1v) is 7.32. The number of benzene rings is 1. The van der Waals surface area contributed by atoms with E-state index in [2.05, 4.69) is 0 Å². The molecular formula is C15H19FN2O5. The molecule has 0 radical (unpaired) electrons. The normalized spacial score (nSPS) is 22.5. The quantitative estimate of drug-likeness (QED) is 0.625. The van der Waals surface area contributed by atoms with Crippen LogP contribution in [-0.2, 0) is 9.53 Å². The Morgan fingerprint density at radius 3 is 2.61 bits per heavy atom. The van der Waals surface area contributed by atoms with E-state index in [0.29, 0.717) is 13.1 Å². The number of carbonyl (C=O) groups is 1. The molecule has 1 fully saturated rings. The zero-order chi connectivity index (χ0) is 17.1. The van der Waals surface area contributed by atoms with E-state index >= 15 is 0 Å². The number of nitro groups is 1. The van der Waals surface area contributed by atoms with Crippen LogP contribution >= 0.6 is 0 Å². The molecule has 0 saturated carbocycles. The summed E-state index contributed by atoms with van der Waals surface area (Å²) in [5, 5.41) is 11.0. The summed E-state index contributed by atoms with van der Waals surface area (Å²) in [5.41, 5.74) is -0.380. The standard InChI is InChI=1S/C15H19FN2O5/c1-9-7-17(8-10(2)22-9)15(19)11(3)23-14-6-12(16)4-5-13(14)18(20)21/h4-6,9-11H,7-8H2,1-3H3/t9-,10+,11-/m1/s1. The van der Waals surface area contributed by atoms with Gasteiger partial charge in [-0.25, -0.2) is 4.39 Å². The molecule has 1 aliphatic rings. The van der Waals surface area contributed by atoms with Crippen LogP contribution in [-0.4, -0.2) is 47.1 Å². The number of halogens is 1. The molecule has 0 spiro atoms. The molecule has 1 heterocycles. The zero-order valence-electron chi connectivity index (χ0n) is 13.2. The molecule has 3 atom stereocenters. The Hall–Kier alpha value is -2.22. The maximum Gasteiger partial charge on any atom is 0.311 e. The van der Waals surface area contributed by atoms with E-state index < -0.39 is 16.8 Å². The average molecular weight is 326 g/mol. The zero-order valence-corrected chi connectivity index (χ0v) is 13.2. The molecule has 0 unspecified atom stereocenters. The van der Waals surface area contributed by atoms with Crippen LogP contribution in [0.15, 0.2) is 18.2 Å². The number of ether oxygens (including phenoxy) is 2. The van der Waals surface area contributed by atoms with Gasteiger partial charge in [0.1, 0.15) is 5.82 Å². The van der Waals surface area contributed by atoms with Crippen LogP contribution in [0.25, 0.3) is 0 Å². The van der Waals surface area contributed by atoms with Crippen LogP contribution in [0.1, 0.15) is 20.8 Å². The van der Waals surface area contributed by atoms with Gasteiger partial charge in [0.15, 0.2) is 6.10 Å². The van der Waals surface area contributed by atoms with Crippen LogP contribution in [0.4, 0.5) is 10.1 Å². The highest BCUT2D eigenvalue weighted by molar-refractivity contribution is 5.81. The molecule has 0 aliphatic carbocycles. The predicted octanol–water partition coefficient (Wildman–Crippen LogP) is 2.14. The molecule has 126 valence electrons. The third kappa shape index (κ3) is 4.16. The molecule has 0 aromatic heterocycles. The first-order valence-electron chi connectivity index (χ1n) is 7.32. The van der Waals surface area contributed by atoms with Gasteiger partial charge in [0, 0.05) is 25.2 Å². The van der Waals surface area contributed by atoms with Crippen LogP contribution in [0.3, 0.4) is 0 Å². The van der Waals surface area contributed by atoms with E-state index in [-0.39, 0.29) is 29.6 Å². The minimum atomic E-state index is -0.965. The third-order valence-corrected chi connectivity index (χ3v) is 3.50. The van der Waals surface area contributed by atoms with Gasteiger partial charge in [0.05, 0.1) is 17.1 Å². The molecule has 2 rings (SSSR count). The molecule has 23 heavy (non-hydrogen) atoms. The van der Waals surface area contributed by atoms with E-state index in [9.17, 15) is 19.3 Å². The van der Waals surface area contributed by atoms with Crippen molar-refractivity contribution < 1.29 is 23.6 Å². The van der Waals surface area contributed by atoms with Crippen molar-refractivity contribution >= 4 is 11.6 Å². The number of rotatable bonds is 4. The molecule has 0 bridgehead atoms.